The van der Waals surface area contributed by atoms with Crippen LogP contribution in [-0.4, -0.2) is 16.0 Å². The minimum atomic E-state index is -0.246. The fourth-order valence-electron chi connectivity index (χ4n) is 8.02. The van der Waals surface area contributed by atoms with E-state index < -0.39 is 0 Å². The number of fused-ring (bicyclic) bond motifs is 6. The molecule has 2 N–H and O–H groups in total. The number of rotatable bonds is 0. The van der Waals surface area contributed by atoms with Gasteiger partial charge >= 0.3 is 0 Å². The number of carbonyl (C=O) groups is 1. The average molecular weight is 479 g/mol. The van der Waals surface area contributed by atoms with Gasteiger partial charge in [-0.3, -0.25) is 4.79 Å². The maximum absolute atomic E-state index is 13.0. The van der Waals surface area contributed by atoms with Crippen molar-refractivity contribution in [1.29, 1.82) is 0 Å². The number of allylic oxidation sites excluding steroid dienone is 7. The molecule has 0 saturated heterocycles. The third-order valence-electron chi connectivity index (χ3n) is 9.37. The standard InChI is InChI=1S/C34H22O3/c35-25-7-3-5-17-13-19-9-11-22-21-10-8-18-12-16-4-1-2-6-20(16)23-14-26(36)33(31(21)29(18)23)34-27(37)15-24(28(17)25)30(19)32(22)34/h1-11,14-15,24,28,30,36-37H,12-13H2. The normalized spacial score (nSPS) is 24.1. The van der Waals surface area contributed by atoms with E-state index in [1.807, 2.05) is 18.2 Å². The van der Waals surface area contributed by atoms with Crippen LogP contribution in [-0.2, 0) is 11.2 Å². The number of phenols is 1. The summed E-state index contributed by atoms with van der Waals surface area (Å²) in [5, 5.41) is 28.3. The summed E-state index contributed by atoms with van der Waals surface area (Å²) < 4.78 is 0. The van der Waals surface area contributed by atoms with Crippen molar-refractivity contribution in [2.45, 2.75) is 18.8 Å². The molecule has 5 aliphatic carbocycles. The van der Waals surface area contributed by atoms with Crippen molar-refractivity contribution in [2.24, 2.45) is 11.8 Å². The number of aliphatic hydroxyl groups is 1. The third kappa shape index (κ3) is 2.27. The zero-order valence-electron chi connectivity index (χ0n) is 20.0. The van der Waals surface area contributed by atoms with E-state index in [2.05, 4.69) is 54.6 Å². The fraction of sp³-hybridized carbons (Fsp3) is 0.147. The number of benzene rings is 4. The van der Waals surface area contributed by atoms with Gasteiger partial charge in [-0.2, -0.15) is 0 Å². The second kappa shape index (κ2) is 6.49. The molecule has 3 heteroatoms. The molecule has 1 saturated carbocycles. The molecule has 0 radical (unpaired) electrons. The molecule has 4 aromatic carbocycles. The van der Waals surface area contributed by atoms with Crippen LogP contribution in [0.15, 0.2) is 84.0 Å². The maximum atomic E-state index is 13.0. The van der Waals surface area contributed by atoms with Crippen LogP contribution < -0.4 is 5.22 Å². The van der Waals surface area contributed by atoms with Gasteiger partial charge in [-0.05, 0) is 74.9 Å². The van der Waals surface area contributed by atoms with E-state index in [1.54, 1.807) is 6.08 Å². The lowest BCUT2D eigenvalue weighted by molar-refractivity contribution is -0.118. The highest BCUT2D eigenvalue weighted by Gasteiger charge is 2.47. The van der Waals surface area contributed by atoms with Crippen LogP contribution >= 0.6 is 0 Å². The van der Waals surface area contributed by atoms with E-state index in [4.69, 9.17) is 0 Å². The summed E-state index contributed by atoms with van der Waals surface area (Å²) in [6.07, 6.45) is 13.5. The van der Waals surface area contributed by atoms with Crippen LogP contribution in [0.25, 0.3) is 44.5 Å². The van der Waals surface area contributed by atoms with Crippen LogP contribution in [0.1, 0.15) is 34.6 Å². The molecule has 3 atom stereocenters. The molecule has 0 aliphatic heterocycles. The van der Waals surface area contributed by atoms with E-state index in [9.17, 15) is 15.0 Å². The second-order valence-corrected chi connectivity index (χ2v) is 11.0. The number of hydrogen-bond donors (Lipinski definition) is 2. The molecule has 4 aromatic rings. The summed E-state index contributed by atoms with van der Waals surface area (Å²) in [5.74, 6) is 0.117. The van der Waals surface area contributed by atoms with Crippen LogP contribution in [0, 0.1) is 11.8 Å². The van der Waals surface area contributed by atoms with Crippen molar-refractivity contribution in [3.8, 4) is 16.9 Å². The van der Waals surface area contributed by atoms with Gasteiger partial charge < -0.3 is 10.2 Å². The Kier molecular flexibility index (Phi) is 3.47. The monoisotopic (exact) mass is 478 g/mol. The van der Waals surface area contributed by atoms with Crippen molar-refractivity contribution < 1.29 is 15.0 Å². The maximum Gasteiger partial charge on any atom is 0.163 e. The van der Waals surface area contributed by atoms with E-state index in [-0.39, 0.29) is 35.0 Å². The van der Waals surface area contributed by atoms with Gasteiger partial charge in [0.1, 0.15) is 11.5 Å². The van der Waals surface area contributed by atoms with Gasteiger partial charge in [0.05, 0.1) is 5.92 Å². The quantitative estimate of drug-likeness (QED) is 0.271. The summed E-state index contributed by atoms with van der Waals surface area (Å²) in [6.45, 7) is 0. The Labute approximate surface area is 213 Å². The highest BCUT2D eigenvalue weighted by Crippen LogP contribution is 2.56. The second-order valence-electron chi connectivity index (χ2n) is 11.0. The molecular formula is C34H22O3. The van der Waals surface area contributed by atoms with E-state index in [0.717, 1.165) is 62.0 Å². The Balaban J connectivity index is 1.45. The van der Waals surface area contributed by atoms with Crippen LogP contribution in [0.2, 0.25) is 0 Å². The number of aromatic hydroxyl groups is 1. The Morgan fingerprint density at radius 3 is 2.57 bits per heavy atom. The Morgan fingerprint density at radius 2 is 1.65 bits per heavy atom. The highest BCUT2D eigenvalue weighted by molar-refractivity contribution is 6.22. The zero-order valence-corrected chi connectivity index (χ0v) is 20.0. The van der Waals surface area contributed by atoms with Crippen LogP contribution in [0.3, 0.4) is 0 Å². The summed E-state index contributed by atoms with van der Waals surface area (Å²) in [4.78, 5) is 13.0. The van der Waals surface area contributed by atoms with E-state index in [0.29, 0.717) is 0 Å². The van der Waals surface area contributed by atoms with Gasteiger partial charge in [0.25, 0.3) is 0 Å². The average Bonchev–Trinajstić information content (AvgIpc) is 2.90. The first-order valence-corrected chi connectivity index (χ1v) is 13.0. The van der Waals surface area contributed by atoms with Gasteiger partial charge in [-0.15, -0.1) is 0 Å². The van der Waals surface area contributed by atoms with Gasteiger partial charge in [0, 0.05) is 28.2 Å². The molecule has 0 aromatic heterocycles. The van der Waals surface area contributed by atoms with Gasteiger partial charge in [0.15, 0.2) is 5.78 Å². The molecule has 37 heavy (non-hydrogen) atoms. The molecule has 3 nitrogen and oxygen atoms in total. The van der Waals surface area contributed by atoms with Crippen molar-refractivity contribution in [3.63, 3.8) is 0 Å². The van der Waals surface area contributed by atoms with Crippen molar-refractivity contribution >= 4 is 39.2 Å². The third-order valence-corrected chi connectivity index (χ3v) is 9.37. The van der Waals surface area contributed by atoms with Gasteiger partial charge in [-0.1, -0.05) is 71.8 Å². The molecule has 5 aliphatic rings. The summed E-state index contributed by atoms with van der Waals surface area (Å²) >= 11 is 0. The fourth-order valence-corrected chi connectivity index (χ4v) is 8.02. The first-order chi connectivity index (χ1) is 18.1. The Hall–Kier alpha value is -4.37. The van der Waals surface area contributed by atoms with Crippen molar-refractivity contribution in [3.05, 3.63) is 111 Å². The minimum Gasteiger partial charge on any atom is -0.508 e. The van der Waals surface area contributed by atoms with E-state index >= 15 is 0 Å². The molecule has 1 fully saturated rings. The molecule has 9 rings (SSSR count). The number of carbonyl (C=O) groups excluding carboxylic acids is 1. The molecule has 0 amide bonds. The van der Waals surface area contributed by atoms with E-state index in [1.165, 1.54) is 22.1 Å². The summed E-state index contributed by atoms with van der Waals surface area (Å²) in [5.41, 5.74) is 8.91. The number of hydrogen-bond acceptors (Lipinski definition) is 3. The van der Waals surface area contributed by atoms with Crippen LogP contribution in [0.4, 0.5) is 0 Å². The largest absolute Gasteiger partial charge is 0.508 e. The summed E-state index contributed by atoms with van der Waals surface area (Å²) in [7, 11) is 0. The van der Waals surface area contributed by atoms with Gasteiger partial charge in [-0.25, -0.2) is 0 Å². The predicted molar refractivity (Wildman–Crippen MR) is 146 cm³/mol. The summed E-state index contributed by atoms with van der Waals surface area (Å²) in [6, 6.07) is 14.7. The molecule has 0 spiro atoms. The molecule has 3 unspecified atom stereocenters. The topological polar surface area (TPSA) is 57.5 Å². The number of aliphatic hydroxyl groups excluding tert-OH is 1. The van der Waals surface area contributed by atoms with Crippen molar-refractivity contribution in [2.75, 3.05) is 0 Å². The SMILES string of the molecule is O=C1C=CC=C2CC3=CC=c4c5c(c6c(O)cc7c8c(ccc4c86)Cc4ccccc4-7)C(O)=CC(C12)C35. The number of phenolic OH excluding ortho intramolecular Hbond substituents is 1. The lowest BCUT2D eigenvalue weighted by Crippen LogP contribution is -2.40. The lowest BCUT2D eigenvalue weighted by atomic mass is 9.58. The zero-order chi connectivity index (χ0) is 24.6. The first kappa shape index (κ1) is 19.8. The minimum absolute atomic E-state index is 0.0130. The molecule has 0 heterocycles. The molecule has 0 bridgehead atoms. The molecular weight excluding hydrogens is 456 g/mol. The smallest absolute Gasteiger partial charge is 0.163 e. The molecule has 176 valence electrons. The number of ketones is 1. The van der Waals surface area contributed by atoms with Crippen LogP contribution in [0.5, 0.6) is 5.75 Å². The first-order valence-electron chi connectivity index (χ1n) is 13.0. The predicted octanol–water partition coefficient (Wildman–Crippen LogP) is 6.41. The van der Waals surface area contributed by atoms with Crippen molar-refractivity contribution in [1.82, 2.24) is 0 Å². The van der Waals surface area contributed by atoms with Gasteiger partial charge in [0.2, 0.25) is 0 Å². The highest BCUT2D eigenvalue weighted by atomic mass is 16.3. The Bertz CT molecular complexity index is 1980. The lowest BCUT2D eigenvalue weighted by Gasteiger charge is -2.44. The Morgan fingerprint density at radius 1 is 0.784 bits per heavy atom.